The predicted molar refractivity (Wildman–Crippen MR) is 121 cm³/mol. The number of anilines is 2. The van der Waals surface area contributed by atoms with E-state index in [1.165, 1.54) is 31.2 Å². The monoisotopic (exact) mass is 465 g/mol. The minimum Gasteiger partial charge on any atom is -0.442 e. The molecule has 0 unspecified atom stereocenters. The first kappa shape index (κ1) is 25.1. The number of rotatable bonds is 8. The molecule has 0 bridgehead atoms. The summed E-state index contributed by atoms with van der Waals surface area (Å²) in [6.45, 7) is 6.75. The van der Waals surface area contributed by atoms with E-state index in [0.29, 0.717) is 11.8 Å². The second-order valence-corrected chi connectivity index (χ2v) is 10.3. The number of ether oxygens (including phenoxy) is 1. The molecule has 2 aromatic rings. The Morgan fingerprint density at radius 3 is 2.34 bits per heavy atom. The Hall–Kier alpha value is -3.14. The molecule has 2 aromatic carbocycles. The van der Waals surface area contributed by atoms with E-state index in [4.69, 9.17) is 4.74 Å². The third kappa shape index (κ3) is 6.94. The van der Waals surface area contributed by atoms with E-state index in [1.54, 1.807) is 39.0 Å². The zero-order chi connectivity index (χ0) is 24.1. The molecule has 174 valence electrons. The van der Waals surface area contributed by atoms with E-state index in [0.717, 1.165) is 11.3 Å². The molecule has 0 saturated carbocycles. The highest BCUT2D eigenvalue weighted by Gasteiger charge is 2.28. The van der Waals surface area contributed by atoms with E-state index in [2.05, 4.69) is 10.7 Å². The molecule has 2 N–H and O–H groups in total. The van der Waals surface area contributed by atoms with Crippen LogP contribution in [0.2, 0.25) is 0 Å². The van der Waals surface area contributed by atoms with Crippen LogP contribution in [0.25, 0.3) is 0 Å². The van der Waals surface area contributed by atoms with Gasteiger partial charge in [0, 0.05) is 12.8 Å². The number of hydrogen-bond acceptors (Lipinski definition) is 7. The van der Waals surface area contributed by atoms with Gasteiger partial charge in [0.25, 0.3) is 0 Å². The highest BCUT2D eigenvalue weighted by atomic mass is 32.2. The van der Waals surface area contributed by atoms with Gasteiger partial charge in [-0.1, -0.05) is 18.2 Å². The fraction of sp³-hybridized carbons (Fsp3) is 0.364. The molecule has 1 atom stereocenters. The number of carbonyl (C=O) groups is 2. The van der Waals surface area contributed by atoms with Crippen molar-refractivity contribution in [2.24, 2.45) is 0 Å². The number of nitrogens with one attached hydrogen (secondary N) is 2. The summed E-state index contributed by atoms with van der Waals surface area (Å²) < 4.78 is 43.3. The predicted octanol–water partition coefficient (Wildman–Crippen LogP) is 3.99. The average Bonchev–Trinajstić information content (AvgIpc) is 2.69. The maximum absolute atomic E-state index is 13.2. The maximum Gasteiger partial charge on any atom is 0.429 e. The molecule has 1 amide bonds. The number of aldehydes is 1. The van der Waals surface area contributed by atoms with E-state index in [9.17, 15) is 22.4 Å². The lowest BCUT2D eigenvalue weighted by Crippen LogP contribution is -2.46. The number of halogens is 1. The summed E-state index contributed by atoms with van der Waals surface area (Å²) in [4.78, 5) is 24.1. The quantitative estimate of drug-likeness (QED) is 0.449. The van der Waals surface area contributed by atoms with Crippen molar-refractivity contribution in [2.75, 3.05) is 17.0 Å². The Morgan fingerprint density at radius 1 is 1.19 bits per heavy atom. The Bertz CT molecular complexity index is 1070. The summed E-state index contributed by atoms with van der Waals surface area (Å²) in [6.07, 6.45) is 0.823. The van der Waals surface area contributed by atoms with Crippen molar-refractivity contribution in [1.29, 1.82) is 0 Å². The van der Waals surface area contributed by atoms with Crippen LogP contribution < -0.4 is 10.7 Å². The first-order valence-electron chi connectivity index (χ1n) is 9.87. The molecular weight excluding hydrogens is 437 g/mol. The summed E-state index contributed by atoms with van der Waals surface area (Å²) in [5.41, 5.74) is 3.17. The van der Waals surface area contributed by atoms with Crippen LogP contribution >= 0.6 is 0 Å². The van der Waals surface area contributed by atoms with Gasteiger partial charge in [-0.25, -0.2) is 22.6 Å². The number of benzene rings is 2. The van der Waals surface area contributed by atoms with Crippen LogP contribution in [0.1, 0.15) is 33.3 Å². The van der Waals surface area contributed by atoms with Crippen molar-refractivity contribution in [3.8, 4) is 0 Å². The molecule has 0 radical (unpaired) electrons. The van der Waals surface area contributed by atoms with E-state index in [-0.39, 0.29) is 28.6 Å². The van der Waals surface area contributed by atoms with Gasteiger partial charge in [-0.05, 0) is 57.5 Å². The van der Waals surface area contributed by atoms with Crippen molar-refractivity contribution >= 4 is 33.6 Å². The minimum absolute atomic E-state index is 0.00694. The highest BCUT2D eigenvalue weighted by molar-refractivity contribution is 7.90. The van der Waals surface area contributed by atoms with Crippen molar-refractivity contribution in [1.82, 2.24) is 5.01 Å². The molecule has 2 rings (SSSR count). The van der Waals surface area contributed by atoms with Gasteiger partial charge in [-0.3, -0.25) is 5.43 Å². The molecule has 0 fully saturated rings. The van der Waals surface area contributed by atoms with E-state index in [1.807, 2.05) is 0 Å². The molecule has 8 nitrogen and oxygen atoms in total. The second-order valence-electron chi connectivity index (χ2n) is 8.27. The number of para-hydroxylation sites is 1. The van der Waals surface area contributed by atoms with Crippen LogP contribution in [0.3, 0.4) is 0 Å². The maximum atomic E-state index is 13.2. The third-order valence-electron chi connectivity index (χ3n) is 4.24. The number of sulfone groups is 1. The summed E-state index contributed by atoms with van der Waals surface area (Å²) in [6, 6.07) is 9.34. The average molecular weight is 466 g/mol. The lowest BCUT2D eigenvalue weighted by atomic mass is 10.2. The van der Waals surface area contributed by atoms with Crippen molar-refractivity contribution in [3.63, 3.8) is 0 Å². The van der Waals surface area contributed by atoms with Gasteiger partial charge in [0.05, 0.1) is 16.3 Å². The largest absolute Gasteiger partial charge is 0.442 e. The number of carbonyl (C=O) groups excluding carboxylic acids is 2. The summed E-state index contributed by atoms with van der Waals surface area (Å²) >= 11 is 0. The molecule has 0 aliphatic heterocycles. The Labute approximate surface area is 187 Å². The van der Waals surface area contributed by atoms with Gasteiger partial charge >= 0.3 is 6.09 Å². The van der Waals surface area contributed by atoms with Gasteiger partial charge in [0.2, 0.25) is 0 Å². The van der Waals surface area contributed by atoms with Gasteiger partial charge in [-0.2, -0.15) is 0 Å². The van der Waals surface area contributed by atoms with Crippen LogP contribution in [-0.4, -0.2) is 43.7 Å². The zero-order valence-corrected chi connectivity index (χ0v) is 19.5. The molecule has 0 aromatic heterocycles. The topological polar surface area (TPSA) is 105 Å². The first-order chi connectivity index (χ1) is 14.8. The Kier molecular flexibility index (Phi) is 7.84. The summed E-state index contributed by atoms with van der Waals surface area (Å²) in [7, 11) is -3.64. The smallest absolute Gasteiger partial charge is 0.429 e. The summed E-state index contributed by atoms with van der Waals surface area (Å²) in [5.74, 6) is -0.386. The number of nitrogens with zero attached hydrogens (tertiary/aromatic N) is 1. The fourth-order valence-electron chi connectivity index (χ4n) is 2.72. The molecule has 0 spiro atoms. The van der Waals surface area contributed by atoms with Crippen molar-refractivity contribution in [2.45, 2.75) is 50.8 Å². The lowest BCUT2D eigenvalue weighted by molar-refractivity contribution is -0.111. The fourth-order valence-corrected chi connectivity index (χ4v) is 3.60. The highest BCUT2D eigenvalue weighted by Crippen LogP contribution is 2.31. The van der Waals surface area contributed by atoms with Crippen LogP contribution in [0.15, 0.2) is 47.4 Å². The molecule has 0 saturated heterocycles. The number of amides is 1. The number of hydrogen-bond donors (Lipinski definition) is 2. The minimum atomic E-state index is -3.64. The van der Waals surface area contributed by atoms with Crippen LogP contribution in [-0.2, 0) is 25.9 Å². The zero-order valence-electron chi connectivity index (χ0n) is 18.7. The molecule has 32 heavy (non-hydrogen) atoms. The Morgan fingerprint density at radius 2 is 1.81 bits per heavy atom. The first-order valence-corrected chi connectivity index (χ1v) is 11.8. The molecule has 0 aliphatic rings. The van der Waals surface area contributed by atoms with Crippen LogP contribution in [0.5, 0.6) is 0 Å². The van der Waals surface area contributed by atoms with Crippen LogP contribution in [0, 0.1) is 5.82 Å². The lowest BCUT2D eigenvalue weighted by Gasteiger charge is -2.31. The van der Waals surface area contributed by atoms with E-state index < -0.39 is 27.6 Å². The van der Waals surface area contributed by atoms with E-state index >= 15 is 0 Å². The molecule has 0 heterocycles. The third-order valence-corrected chi connectivity index (χ3v) is 5.38. The van der Waals surface area contributed by atoms with Gasteiger partial charge in [0.1, 0.15) is 23.7 Å². The van der Waals surface area contributed by atoms with Crippen LogP contribution in [0.4, 0.5) is 20.6 Å². The Balaban J connectivity index is 2.44. The van der Waals surface area contributed by atoms with Gasteiger partial charge < -0.3 is 14.8 Å². The van der Waals surface area contributed by atoms with Gasteiger partial charge in [-0.15, -0.1) is 0 Å². The number of hydrazine groups is 1. The molecule has 0 aliphatic carbocycles. The standard InChI is InChI=1S/C22H28FN3O5S/c1-15(14-27)26(21(28)31-22(2,3)4)25-18-7-6-8-19(32(5,29)30)20(18)24-13-16-9-11-17(23)12-10-16/h6-12,14-15,24-25H,13H2,1-5H3/t15-/m0/s1. The SMILES string of the molecule is C[C@@H](C=O)N(Nc1cccc(S(C)(=O)=O)c1NCc1ccc(F)cc1)C(=O)OC(C)(C)C. The van der Waals surface area contributed by atoms with Gasteiger partial charge in [0.15, 0.2) is 9.84 Å². The second kappa shape index (κ2) is 9.99. The normalized spacial score (nSPS) is 12.6. The molecular formula is C22H28FN3O5S. The summed E-state index contributed by atoms with van der Waals surface area (Å²) in [5, 5.41) is 4.03. The molecule has 10 heteroatoms. The van der Waals surface area contributed by atoms with Crippen molar-refractivity contribution < 1.29 is 27.1 Å². The van der Waals surface area contributed by atoms with Crippen molar-refractivity contribution in [3.05, 3.63) is 53.8 Å².